The monoisotopic (exact) mass is 472 g/mol. The van der Waals surface area contributed by atoms with Gasteiger partial charge in [-0.1, -0.05) is 54.1 Å². The lowest BCUT2D eigenvalue weighted by Gasteiger charge is -2.23. The van der Waals surface area contributed by atoms with Gasteiger partial charge < -0.3 is 5.32 Å². The van der Waals surface area contributed by atoms with E-state index in [2.05, 4.69) is 5.32 Å². The number of nitrogens with one attached hydrogen (secondary N) is 1. The fraction of sp³-hybridized carbons (Fsp3) is 0.0370. The lowest BCUT2D eigenvalue weighted by Crippen LogP contribution is -2.27. The number of nitrogens with zero attached hydrogens (tertiary/aromatic N) is 1. The molecule has 33 heavy (non-hydrogen) atoms. The Labute approximate surface area is 202 Å². The van der Waals surface area contributed by atoms with Crippen LogP contribution in [0.15, 0.2) is 114 Å². The van der Waals surface area contributed by atoms with Crippen molar-refractivity contribution in [3.8, 4) is 0 Å². The summed E-state index contributed by atoms with van der Waals surface area (Å²) in [5.74, 6) is 0.0306. The molecule has 0 bridgehead atoms. The third kappa shape index (κ3) is 6.04. The quantitative estimate of drug-likeness (QED) is 0.293. The Kier molecular flexibility index (Phi) is 7.45. The van der Waals surface area contributed by atoms with E-state index in [-0.39, 0.29) is 17.6 Å². The molecule has 2 amide bonds. The van der Waals surface area contributed by atoms with Gasteiger partial charge in [0, 0.05) is 32.5 Å². The van der Waals surface area contributed by atoms with E-state index >= 15 is 0 Å². The lowest BCUT2D eigenvalue weighted by atomic mass is 10.2. The lowest BCUT2D eigenvalue weighted by molar-refractivity contribution is -0.115. The summed E-state index contributed by atoms with van der Waals surface area (Å²) in [5, 5.41) is 3.37. The maximum absolute atomic E-state index is 13.2. The second kappa shape index (κ2) is 10.9. The molecule has 6 heteroatoms. The van der Waals surface area contributed by atoms with Crippen molar-refractivity contribution < 1.29 is 9.59 Å². The Bertz CT molecular complexity index is 1190. The van der Waals surface area contributed by atoms with E-state index in [1.165, 1.54) is 11.8 Å². The molecule has 0 aliphatic rings. The molecule has 0 saturated carbocycles. The highest BCUT2D eigenvalue weighted by molar-refractivity contribution is 8.00. The van der Waals surface area contributed by atoms with Gasteiger partial charge in [0.2, 0.25) is 5.91 Å². The molecule has 4 aromatic rings. The van der Waals surface area contributed by atoms with Crippen molar-refractivity contribution in [2.24, 2.45) is 0 Å². The number of hydrogen-bond acceptors (Lipinski definition) is 3. The highest BCUT2D eigenvalue weighted by Gasteiger charge is 2.18. The summed E-state index contributed by atoms with van der Waals surface area (Å²) in [6.07, 6.45) is 0. The Morgan fingerprint density at radius 3 is 1.94 bits per heavy atom. The molecule has 0 aliphatic carbocycles. The third-order valence-corrected chi connectivity index (χ3v) is 6.07. The van der Waals surface area contributed by atoms with E-state index in [1.807, 2.05) is 84.9 Å². The molecule has 0 aliphatic heterocycles. The molecule has 0 unspecified atom stereocenters. The van der Waals surface area contributed by atoms with E-state index < -0.39 is 0 Å². The summed E-state index contributed by atoms with van der Waals surface area (Å²) in [5.41, 5.74) is 2.82. The maximum Gasteiger partial charge on any atom is 0.255 e. The van der Waals surface area contributed by atoms with Crippen LogP contribution in [0, 0.1) is 0 Å². The molecule has 0 aromatic heterocycles. The first-order chi connectivity index (χ1) is 16.1. The van der Waals surface area contributed by atoms with Crippen molar-refractivity contribution in [2.45, 2.75) is 4.90 Å². The minimum atomic E-state index is -0.227. The third-order valence-electron chi connectivity index (χ3n) is 4.84. The van der Waals surface area contributed by atoms with Crippen molar-refractivity contribution >= 4 is 52.2 Å². The number of benzene rings is 4. The normalized spacial score (nSPS) is 10.5. The van der Waals surface area contributed by atoms with Gasteiger partial charge in [0.15, 0.2) is 0 Å². The highest BCUT2D eigenvalue weighted by Crippen LogP contribution is 2.28. The van der Waals surface area contributed by atoms with E-state index in [0.717, 1.165) is 16.3 Å². The van der Waals surface area contributed by atoms with Crippen LogP contribution in [-0.4, -0.2) is 17.6 Å². The predicted molar refractivity (Wildman–Crippen MR) is 137 cm³/mol. The minimum Gasteiger partial charge on any atom is -0.322 e. The van der Waals surface area contributed by atoms with E-state index in [9.17, 15) is 9.59 Å². The predicted octanol–water partition coefficient (Wildman–Crippen LogP) is 7.05. The zero-order valence-electron chi connectivity index (χ0n) is 17.6. The van der Waals surface area contributed by atoms with Crippen molar-refractivity contribution in [3.05, 3.63) is 120 Å². The average Bonchev–Trinajstić information content (AvgIpc) is 2.85. The number of anilines is 3. The zero-order chi connectivity index (χ0) is 23.0. The second-order valence-electron chi connectivity index (χ2n) is 7.18. The summed E-state index contributed by atoms with van der Waals surface area (Å²) in [6, 6.07) is 33.4. The smallest absolute Gasteiger partial charge is 0.255 e. The fourth-order valence-electron chi connectivity index (χ4n) is 3.27. The maximum atomic E-state index is 13.2. The Morgan fingerprint density at radius 1 is 0.758 bits per heavy atom. The first-order valence-electron chi connectivity index (χ1n) is 10.3. The van der Waals surface area contributed by atoms with Crippen molar-refractivity contribution in [1.82, 2.24) is 0 Å². The van der Waals surface area contributed by atoms with Gasteiger partial charge in [-0.15, -0.1) is 11.8 Å². The van der Waals surface area contributed by atoms with Gasteiger partial charge in [-0.05, 0) is 66.7 Å². The number of hydrogen-bond donors (Lipinski definition) is 1. The number of halogens is 1. The van der Waals surface area contributed by atoms with Crippen LogP contribution in [0.2, 0.25) is 5.02 Å². The van der Waals surface area contributed by atoms with Crippen LogP contribution < -0.4 is 10.2 Å². The first kappa shape index (κ1) is 22.6. The number of para-hydroxylation sites is 2. The summed E-state index contributed by atoms with van der Waals surface area (Å²) in [7, 11) is 0. The van der Waals surface area contributed by atoms with Crippen LogP contribution in [0.3, 0.4) is 0 Å². The van der Waals surface area contributed by atoms with Gasteiger partial charge in [-0.2, -0.15) is 0 Å². The molecule has 0 atom stereocenters. The van der Waals surface area contributed by atoms with Gasteiger partial charge in [-0.25, -0.2) is 0 Å². The number of thioether (sulfide) groups is 1. The summed E-state index contributed by atoms with van der Waals surface area (Å²) in [4.78, 5) is 28.2. The SMILES string of the molecule is O=C(Nc1ccc(SCC(=O)N(c2ccccc2)c2ccccc2)cc1)c1cccc(Cl)c1. The molecule has 0 fully saturated rings. The average molecular weight is 473 g/mol. The van der Waals surface area contributed by atoms with Crippen LogP contribution in [0.1, 0.15) is 10.4 Å². The molecule has 4 aromatic carbocycles. The summed E-state index contributed by atoms with van der Waals surface area (Å²) < 4.78 is 0. The fourth-order valence-corrected chi connectivity index (χ4v) is 4.21. The van der Waals surface area contributed by atoms with Gasteiger partial charge in [0.1, 0.15) is 0 Å². The first-order valence-corrected chi connectivity index (χ1v) is 11.7. The molecule has 4 rings (SSSR count). The standard InChI is InChI=1S/C27H21ClN2O2S/c28-21-9-7-8-20(18-21)27(32)29-22-14-16-25(17-15-22)33-19-26(31)30(23-10-3-1-4-11-23)24-12-5-2-6-13-24/h1-18H,19H2,(H,29,32). The molecule has 0 radical (unpaired) electrons. The van der Waals surface area contributed by atoms with Crippen LogP contribution >= 0.6 is 23.4 Å². The molecule has 0 heterocycles. The molecular formula is C27H21ClN2O2S. The summed E-state index contributed by atoms with van der Waals surface area (Å²) >= 11 is 7.41. The van der Waals surface area contributed by atoms with E-state index in [1.54, 1.807) is 29.2 Å². The van der Waals surface area contributed by atoms with Crippen LogP contribution in [-0.2, 0) is 4.79 Å². The number of amides is 2. The Balaban J connectivity index is 1.40. The van der Waals surface area contributed by atoms with Gasteiger partial charge in [0.05, 0.1) is 5.75 Å². The summed E-state index contributed by atoms with van der Waals surface area (Å²) in [6.45, 7) is 0. The topological polar surface area (TPSA) is 49.4 Å². The molecular weight excluding hydrogens is 452 g/mol. The van der Waals surface area contributed by atoms with Gasteiger partial charge >= 0.3 is 0 Å². The highest BCUT2D eigenvalue weighted by atomic mass is 35.5. The molecule has 0 saturated heterocycles. The van der Waals surface area contributed by atoms with Crippen molar-refractivity contribution in [1.29, 1.82) is 0 Å². The Hall–Kier alpha value is -3.54. The molecule has 1 N–H and O–H groups in total. The van der Waals surface area contributed by atoms with Crippen LogP contribution in [0.25, 0.3) is 0 Å². The second-order valence-corrected chi connectivity index (χ2v) is 8.66. The minimum absolute atomic E-state index is 0.0178. The van der Waals surface area contributed by atoms with Crippen LogP contribution in [0.4, 0.5) is 17.1 Å². The van der Waals surface area contributed by atoms with E-state index in [4.69, 9.17) is 11.6 Å². The largest absolute Gasteiger partial charge is 0.322 e. The molecule has 4 nitrogen and oxygen atoms in total. The van der Waals surface area contributed by atoms with Crippen molar-refractivity contribution in [2.75, 3.05) is 16.0 Å². The Morgan fingerprint density at radius 2 is 1.36 bits per heavy atom. The molecule has 164 valence electrons. The van der Waals surface area contributed by atoms with Gasteiger partial charge in [-0.3, -0.25) is 14.5 Å². The van der Waals surface area contributed by atoms with E-state index in [0.29, 0.717) is 16.3 Å². The molecule has 0 spiro atoms. The van der Waals surface area contributed by atoms with Crippen molar-refractivity contribution in [3.63, 3.8) is 0 Å². The van der Waals surface area contributed by atoms with Gasteiger partial charge in [0.25, 0.3) is 5.91 Å². The zero-order valence-corrected chi connectivity index (χ0v) is 19.2. The van der Waals surface area contributed by atoms with Crippen LogP contribution in [0.5, 0.6) is 0 Å². The number of carbonyl (C=O) groups is 2. The number of carbonyl (C=O) groups excluding carboxylic acids is 2. The number of rotatable bonds is 7.